The minimum Gasteiger partial charge on any atom is -0.447 e. The van der Waals surface area contributed by atoms with Crippen LogP contribution >= 0.6 is 11.8 Å². The predicted molar refractivity (Wildman–Crippen MR) is 353 cm³/mol. The second-order valence-corrected chi connectivity index (χ2v) is 26.1. The molecule has 0 spiro atoms. The summed E-state index contributed by atoms with van der Waals surface area (Å²) < 4.78 is 52.6. The van der Waals surface area contributed by atoms with Gasteiger partial charge in [-0.05, 0) is 37.0 Å². The lowest BCUT2D eigenvalue weighted by molar-refractivity contribution is -0.145. The first-order chi connectivity index (χ1) is 47.8. The van der Waals surface area contributed by atoms with E-state index in [0.717, 1.165) is 46.8 Å². The van der Waals surface area contributed by atoms with Gasteiger partial charge in [0.25, 0.3) is 5.91 Å². The normalized spacial score (nSPS) is 28.6. The molecule has 15 atom stereocenters. The molecule has 0 radical (unpaired) electrons. The molecular weight excluding hydrogens is 1290 g/mol. The topological polar surface area (TPSA) is 337 Å². The SMILES string of the molecule is C=CC1OC(/C=C\C2OC(/C=C\C3OC(/C=C/c4ccccc4)C4C(=O)N(CCCC)C(=O)C34)C3C(=O)N(CCOCCOCCNC(=O)c4ccncc4)C(=O)C23)C2C(=O)N(CCOCCOC(=O)NCCOCCOCCNC(=O)CCCCC3SCC4NC(=O)NC43)C(=O)C12. The summed E-state index contributed by atoms with van der Waals surface area (Å²) in [6.07, 6.45) is 12.9. The van der Waals surface area contributed by atoms with Gasteiger partial charge in [0.2, 0.25) is 41.4 Å². The van der Waals surface area contributed by atoms with Crippen molar-refractivity contribution in [1.82, 2.24) is 46.3 Å². The van der Waals surface area contributed by atoms with Crippen molar-refractivity contribution in [2.45, 2.75) is 99.4 Å². The number of imide groups is 3. The van der Waals surface area contributed by atoms with Crippen molar-refractivity contribution in [3.8, 4) is 0 Å². The molecule has 8 aliphatic heterocycles. The first-order valence-electron chi connectivity index (χ1n) is 33.9. The third-order valence-electron chi connectivity index (χ3n) is 18.5. The number of hydrogen-bond acceptors (Lipinski definition) is 21. The van der Waals surface area contributed by atoms with Crippen LogP contribution in [0, 0.1) is 35.5 Å². The van der Waals surface area contributed by atoms with Gasteiger partial charge in [-0.25, -0.2) is 9.59 Å². The number of nitrogens with zero attached hydrogens (tertiary/aromatic N) is 4. The number of hydrogen-bond donors (Lipinski definition) is 5. The summed E-state index contributed by atoms with van der Waals surface area (Å²) in [6.45, 7) is 8.19. The Kier molecular flexibility index (Phi) is 27.1. The number of urea groups is 1. The second kappa shape index (κ2) is 36.4. The molecule has 8 fully saturated rings. The van der Waals surface area contributed by atoms with E-state index >= 15 is 0 Å². The predicted octanol–water partition coefficient (Wildman–Crippen LogP) is 2.38. The zero-order valence-electron chi connectivity index (χ0n) is 55.0. The van der Waals surface area contributed by atoms with Crippen LogP contribution in [-0.4, -0.2) is 251 Å². The highest BCUT2D eigenvalue weighted by atomic mass is 32.2. The molecule has 5 N–H and O–H groups in total. The number of carbonyl (C=O) groups excluding carboxylic acids is 10. The third-order valence-corrected chi connectivity index (χ3v) is 20.0. The van der Waals surface area contributed by atoms with E-state index in [1.165, 1.54) is 23.4 Å². The van der Waals surface area contributed by atoms with Crippen LogP contribution in [0.5, 0.6) is 0 Å². The molecule has 98 heavy (non-hydrogen) atoms. The quantitative estimate of drug-likeness (QED) is 0.0277. The lowest BCUT2D eigenvalue weighted by Gasteiger charge is -2.21. The van der Waals surface area contributed by atoms with E-state index in [1.807, 2.05) is 55.1 Å². The van der Waals surface area contributed by atoms with Crippen LogP contribution in [-0.2, 0) is 76.2 Å². The zero-order valence-corrected chi connectivity index (χ0v) is 55.8. The molecule has 8 saturated heterocycles. The molecule has 8 aliphatic rings. The summed E-state index contributed by atoms with van der Waals surface area (Å²) >= 11 is 1.86. The minimum absolute atomic E-state index is 0.0119. The Hall–Kier alpha value is -7.74. The molecule has 0 bridgehead atoms. The van der Waals surface area contributed by atoms with Gasteiger partial charge in [-0.3, -0.25) is 58.0 Å². The van der Waals surface area contributed by atoms with Gasteiger partial charge in [-0.1, -0.05) is 92.6 Å². The fourth-order valence-corrected chi connectivity index (χ4v) is 15.2. The van der Waals surface area contributed by atoms with E-state index in [0.29, 0.717) is 43.4 Å². The number of likely N-dealkylation sites (tertiary alicyclic amines) is 3. The molecule has 0 saturated carbocycles. The molecule has 15 unspecified atom stereocenters. The molecule has 1 aromatic heterocycles. The Morgan fingerprint density at radius 2 is 1.04 bits per heavy atom. The standard InChI is InChI=1S/C69H89N9O19S/c1-3-5-28-76-63(82)56-47(16-15-43-11-7-6-8-12-43)96-49(57(56)64(76)83)19-20-51-59-58(66(85)78(67(59)86)29-34-92-39-38-90-32-26-72-61(80)44-21-23-70-24-22-44)50(97-51)18-17-48-55-54(46(4-2)95-48)62(81)77(65(55)84)30-35-93-40-41-94-69(88)73-27-33-91-37-36-89-31-25-71-53(79)14-10-9-13-52-60-45(42-98-52)74-68(87)75-60/h4,6-8,11-12,15-24,45-52,54-60H,2-3,5,9-10,13-14,25-42H2,1H3,(H,71,79)(H,72,80)(H,73,88)(H2,74,75,87)/b16-15+,18-17-,20-19-. The zero-order chi connectivity index (χ0) is 68.9. The lowest BCUT2D eigenvalue weighted by atomic mass is 9.86. The van der Waals surface area contributed by atoms with Gasteiger partial charge in [-0.2, -0.15) is 11.8 Å². The molecule has 11 amide bonds. The van der Waals surface area contributed by atoms with E-state index in [2.05, 4.69) is 38.1 Å². The van der Waals surface area contributed by atoms with E-state index in [4.69, 9.17) is 42.6 Å². The fourth-order valence-electron chi connectivity index (χ4n) is 13.7. The Morgan fingerprint density at radius 1 is 0.561 bits per heavy atom. The van der Waals surface area contributed by atoms with Crippen LogP contribution in [0.1, 0.15) is 61.4 Å². The van der Waals surface area contributed by atoms with Crippen molar-refractivity contribution in [3.63, 3.8) is 0 Å². The van der Waals surface area contributed by atoms with Gasteiger partial charge in [0.15, 0.2) is 0 Å². The van der Waals surface area contributed by atoms with Crippen LogP contribution in [0.15, 0.2) is 97.9 Å². The van der Waals surface area contributed by atoms with Crippen molar-refractivity contribution in [1.29, 1.82) is 0 Å². The Balaban J connectivity index is 0.668. The molecule has 28 nitrogen and oxygen atoms in total. The number of thioether (sulfide) groups is 1. The number of benzene rings is 1. The van der Waals surface area contributed by atoms with Gasteiger partial charge in [0.05, 0.1) is 163 Å². The molecule has 1 aromatic carbocycles. The number of amides is 11. The van der Waals surface area contributed by atoms with E-state index < -0.39 is 102 Å². The number of fused-ring (bicyclic) bond motifs is 4. The monoisotopic (exact) mass is 1380 g/mol. The second-order valence-electron chi connectivity index (χ2n) is 24.8. The largest absolute Gasteiger partial charge is 0.447 e. The van der Waals surface area contributed by atoms with Crippen molar-refractivity contribution in [2.75, 3.05) is 118 Å². The first-order valence-corrected chi connectivity index (χ1v) is 35.0. The van der Waals surface area contributed by atoms with Crippen molar-refractivity contribution >= 4 is 77.2 Å². The van der Waals surface area contributed by atoms with Crippen molar-refractivity contribution in [2.24, 2.45) is 35.5 Å². The maximum atomic E-state index is 14.5. The maximum absolute atomic E-state index is 14.5. The summed E-state index contributed by atoms with van der Waals surface area (Å²) in [4.78, 5) is 141. The number of pyridine rings is 1. The van der Waals surface area contributed by atoms with Crippen LogP contribution in [0.3, 0.4) is 0 Å². The minimum atomic E-state index is -1.04. The summed E-state index contributed by atoms with van der Waals surface area (Å²) in [7, 11) is 0. The smallest absolute Gasteiger partial charge is 0.407 e. The third kappa shape index (κ3) is 18.4. The Morgan fingerprint density at radius 3 is 1.58 bits per heavy atom. The van der Waals surface area contributed by atoms with Crippen LogP contribution in [0.25, 0.3) is 6.08 Å². The van der Waals surface area contributed by atoms with Crippen LogP contribution in [0.4, 0.5) is 9.59 Å². The highest BCUT2D eigenvalue weighted by molar-refractivity contribution is 8.00. The molecule has 29 heteroatoms. The Bertz CT molecular complexity index is 3220. The van der Waals surface area contributed by atoms with Gasteiger partial charge in [0, 0.05) is 61.6 Å². The maximum Gasteiger partial charge on any atom is 0.407 e. The molecule has 10 rings (SSSR count). The van der Waals surface area contributed by atoms with E-state index in [1.54, 1.807) is 42.5 Å². The van der Waals surface area contributed by atoms with Gasteiger partial charge in [0.1, 0.15) is 6.61 Å². The van der Waals surface area contributed by atoms with Gasteiger partial charge in [-0.15, -0.1) is 6.58 Å². The number of aromatic nitrogens is 1. The first kappa shape index (κ1) is 73.0. The van der Waals surface area contributed by atoms with Gasteiger partial charge >= 0.3 is 12.1 Å². The molecule has 530 valence electrons. The van der Waals surface area contributed by atoms with Gasteiger partial charge < -0.3 is 69.2 Å². The molecule has 9 heterocycles. The number of alkyl carbamates (subject to hydrolysis) is 1. The number of nitrogens with one attached hydrogen (secondary N) is 5. The molecule has 0 aliphatic carbocycles. The lowest BCUT2D eigenvalue weighted by Crippen LogP contribution is -2.38. The Labute approximate surface area is 573 Å². The number of unbranched alkanes of at least 4 members (excludes halogenated alkanes) is 2. The fraction of sp³-hybridized carbons (Fsp3) is 0.580. The average molecular weight is 1380 g/mol. The summed E-state index contributed by atoms with van der Waals surface area (Å²) in [6, 6.07) is 12.9. The average Bonchev–Trinajstić information content (AvgIpc) is 1.27. The molecule has 2 aromatic rings. The summed E-state index contributed by atoms with van der Waals surface area (Å²) in [5, 5.41) is 14.5. The highest BCUT2D eigenvalue weighted by Crippen LogP contribution is 2.46. The molecular formula is C69H89N9O19S. The number of ether oxygens (including phenoxy) is 9. The van der Waals surface area contributed by atoms with Crippen molar-refractivity contribution < 1.29 is 90.6 Å². The van der Waals surface area contributed by atoms with Crippen molar-refractivity contribution in [3.05, 3.63) is 109 Å². The number of carbonyl (C=O) groups is 10. The van der Waals surface area contributed by atoms with Crippen LogP contribution in [0.2, 0.25) is 0 Å². The number of rotatable bonds is 40. The van der Waals surface area contributed by atoms with E-state index in [9.17, 15) is 47.9 Å². The summed E-state index contributed by atoms with van der Waals surface area (Å²) in [5.41, 5.74) is 1.35. The highest BCUT2D eigenvalue weighted by Gasteiger charge is 2.62. The van der Waals surface area contributed by atoms with E-state index in [-0.39, 0.29) is 134 Å². The van der Waals surface area contributed by atoms with Crippen LogP contribution < -0.4 is 26.6 Å². The summed E-state index contributed by atoms with van der Waals surface area (Å²) in [5.74, 6) is -7.67.